The molecule has 1 amide bonds. The Balaban J connectivity index is 1.60. The van der Waals surface area contributed by atoms with E-state index in [1.807, 2.05) is 36.4 Å². The van der Waals surface area contributed by atoms with E-state index in [0.717, 1.165) is 33.0 Å². The zero-order chi connectivity index (χ0) is 17.6. The summed E-state index contributed by atoms with van der Waals surface area (Å²) in [4.78, 5) is 16.9. The SMILES string of the molecule is CCC[C@H](NC(=O)CSc1nc2cc(Cl)ccc2s1)c1ccccc1. The van der Waals surface area contributed by atoms with Gasteiger partial charge in [0, 0.05) is 5.02 Å². The highest BCUT2D eigenvalue weighted by Gasteiger charge is 2.14. The maximum atomic E-state index is 12.4. The highest BCUT2D eigenvalue weighted by atomic mass is 35.5. The van der Waals surface area contributed by atoms with Gasteiger partial charge in [-0.25, -0.2) is 4.98 Å². The lowest BCUT2D eigenvalue weighted by Crippen LogP contribution is -2.29. The summed E-state index contributed by atoms with van der Waals surface area (Å²) in [6.45, 7) is 2.13. The van der Waals surface area contributed by atoms with Crippen LogP contribution in [0.4, 0.5) is 0 Å². The molecule has 2 aromatic carbocycles. The van der Waals surface area contributed by atoms with Crippen LogP contribution in [0.5, 0.6) is 0 Å². The molecule has 3 rings (SSSR count). The number of nitrogens with zero attached hydrogens (tertiary/aromatic N) is 1. The molecule has 1 aromatic heterocycles. The Morgan fingerprint density at radius 2 is 2.08 bits per heavy atom. The number of aromatic nitrogens is 1. The second-order valence-electron chi connectivity index (χ2n) is 5.70. The average molecular weight is 391 g/mol. The van der Waals surface area contributed by atoms with E-state index in [0.29, 0.717) is 10.8 Å². The first-order valence-electron chi connectivity index (χ1n) is 8.19. The van der Waals surface area contributed by atoms with Crippen LogP contribution in [0.3, 0.4) is 0 Å². The van der Waals surface area contributed by atoms with E-state index in [9.17, 15) is 4.79 Å². The molecule has 0 saturated heterocycles. The molecule has 3 aromatic rings. The van der Waals surface area contributed by atoms with Crippen molar-refractivity contribution < 1.29 is 4.79 Å². The lowest BCUT2D eigenvalue weighted by molar-refractivity contribution is -0.119. The Kier molecular flexibility index (Phi) is 6.34. The summed E-state index contributed by atoms with van der Waals surface area (Å²) < 4.78 is 1.97. The molecule has 3 nitrogen and oxygen atoms in total. The maximum Gasteiger partial charge on any atom is 0.230 e. The fraction of sp³-hybridized carbons (Fsp3) is 0.263. The zero-order valence-corrected chi connectivity index (χ0v) is 16.3. The fourth-order valence-corrected chi connectivity index (χ4v) is 4.63. The molecule has 25 heavy (non-hydrogen) atoms. The van der Waals surface area contributed by atoms with Gasteiger partial charge in [0.05, 0.1) is 22.0 Å². The van der Waals surface area contributed by atoms with E-state index in [1.165, 1.54) is 11.8 Å². The van der Waals surface area contributed by atoms with Crippen molar-refractivity contribution in [2.45, 2.75) is 30.1 Å². The van der Waals surface area contributed by atoms with E-state index >= 15 is 0 Å². The molecule has 0 aliphatic heterocycles. The number of halogens is 1. The van der Waals surface area contributed by atoms with Crippen LogP contribution in [0.1, 0.15) is 31.4 Å². The van der Waals surface area contributed by atoms with Gasteiger partial charge in [-0.05, 0) is 30.2 Å². The van der Waals surface area contributed by atoms with Crippen LogP contribution in [-0.2, 0) is 4.79 Å². The van der Waals surface area contributed by atoms with Crippen LogP contribution >= 0.6 is 34.7 Å². The van der Waals surface area contributed by atoms with Crippen molar-refractivity contribution in [2.75, 3.05) is 5.75 Å². The first-order chi connectivity index (χ1) is 12.2. The van der Waals surface area contributed by atoms with Crippen molar-refractivity contribution in [1.82, 2.24) is 10.3 Å². The van der Waals surface area contributed by atoms with Gasteiger partial charge in [-0.2, -0.15) is 0 Å². The van der Waals surface area contributed by atoms with Gasteiger partial charge >= 0.3 is 0 Å². The monoisotopic (exact) mass is 390 g/mol. The highest BCUT2D eigenvalue weighted by molar-refractivity contribution is 8.01. The van der Waals surface area contributed by atoms with Crippen molar-refractivity contribution in [1.29, 1.82) is 0 Å². The third-order valence-corrected chi connectivity index (χ3v) is 6.19. The molecule has 0 fully saturated rings. The van der Waals surface area contributed by atoms with Crippen molar-refractivity contribution >= 4 is 50.8 Å². The molecule has 1 heterocycles. The van der Waals surface area contributed by atoms with Gasteiger partial charge in [-0.1, -0.05) is 67.0 Å². The lowest BCUT2D eigenvalue weighted by atomic mass is 10.0. The molecule has 0 spiro atoms. The standard InChI is InChI=1S/C19H19ClN2OS2/c1-2-6-15(13-7-4-3-5-8-13)21-18(23)12-24-19-22-16-11-14(20)9-10-17(16)25-19/h3-5,7-11,15H,2,6,12H2,1H3,(H,21,23)/t15-/m0/s1. The van der Waals surface area contributed by atoms with Gasteiger partial charge in [0.25, 0.3) is 0 Å². The summed E-state index contributed by atoms with van der Waals surface area (Å²) in [6.07, 6.45) is 1.95. The summed E-state index contributed by atoms with van der Waals surface area (Å²) in [7, 11) is 0. The molecule has 1 atom stereocenters. The van der Waals surface area contributed by atoms with Crippen molar-refractivity contribution in [2.24, 2.45) is 0 Å². The largest absolute Gasteiger partial charge is 0.349 e. The Hall–Kier alpha value is -1.56. The first-order valence-corrected chi connectivity index (χ1v) is 10.4. The summed E-state index contributed by atoms with van der Waals surface area (Å²) in [5, 5.41) is 3.82. The second kappa shape index (κ2) is 8.70. The average Bonchev–Trinajstić information content (AvgIpc) is 3.02. The molecule has 0 bridgehead atoms. The minimum absolute atomic E-state index is 0.0320. The van der Waals surface area contributed by atoms with Crippen molar-refractivity contribution in [3.05, 3.63) is 59.1 Å². The molecule has 1 N–H and O–H groups in total. The Bertz CT molecular complexity index is 851. The summed E-state index contributed by atoms with van der Waals surface area (Å²) in [5.74, 6) is 0.394. The van der Waals surface area contributed by atoms with Gasteiger partial charge in [-0.3, -0.25) is 4.79 Å². The molecule has 0 aliphatic carbocycles. The van der Waals surface area contributed by atoms with Crippen molar-refractivity contribution in [3.8, 4) is 0 Å². The summed E-state index contributed by atoms with van der Waals surface area (Å²) in [5.41, 5.74) is 2.03. The molecule has 0 radical (unpaired) electrons. The van der Waals surface area contributed by atoms with Gasteiger partial charge in [0.2, 0.25) is 5.91 Å². The number of carbonyl (C=O) groups excluding carboxylic acids is 1. The number of nitrogens with one attached hydrogen (secondary N) is 1. The predicted octanol–water partition coefficient (Wildman–Crippen LogP) is 5.70. The van der Waals surface area contributed by atoms with Crippen LogP contribution in [0.2, 0.25) is 5.02 Å². The topological polar surface area (TPSA) is 42.0 Å². The fourth-order valence-electron chi connectivity index (χ4n) is 2.60. The minimum atomic E-state index is 0.0320. The number of hydrogen-bond acceptors (Lipinski definition) is 4. The van der Waals surface area contributed by atoms with Gasteiger partial charge < -0.3 is 5.32 Å². The van der Waals surface area contributed by atoms with Crippen LogP contribution in [-0.4, -0.2) is 16.6 Å². The third-order valence-electron chi connectivity index (χ3n) is 3.77. The highest BCUT2D eigenvalue weighted by Crippen LogP contribution is 2.31. The first kappa shape index (κ1) is 18.2. The Morgan fingerprint density at radius 3 is 2.84 bits per heavy atom. The predicted molar refractivity (Wildman–Crippen MR) is 108 cm³/mol. The summed E-state index contributed by atoms with van der Waals surface area (Å²) >= 11 is 9.05. The molecule has 6 heteroatoms. The van der Waals surface area contributed by atoms with Crippen LogP contribution in [0.25, 0.3) is 10.2 Å². The van der Waals surface area contributed by atoms with Crippen LogP contribution in [0.15, 0.2) is 52.9 Å². The number of thioether (sulfide) groups is 1. The van der Waals surface area contributed by atoms with Crippen LogP contribution < -0.4 is 5.32 Å². The zero-order valence-electron chi connectivity index (χ0n) is 13.9. The van der Waals surface area contributed by atoms with Gasteiger partial charge in [0.1, 0.15) is 0 Å². The number of benzene rings is 2. The van der Waals surface area contributed by atoms with E-state index in [-0.39, 0.29) is 11.9 Å². The second-order valence-corrected chi connectivity index (χ2v) is 8.39. The molecule has 0 saturated carbocycles. The van der Waals surface area contributed by atoms with Crippen molar-refractivity contribution in [3.63, 3.8) is 0 Å². The molecule has 0 unspecified atom stereocenters. The third kappa shape index (κ3) is 4.97. The number of hydrogen-bond donors (Lipinski definition) is 1. The number of carbonyl (C=O) groups is 1. The minimum Gasteiger partial charge on any atom is -0.349 e. The maximum absolute atomic E-state index is 12.4. The molecule has 130 valence electrons. The molecular formula is C19H19ClN2OS2. The normalized spacial score (nSPS) is 12.2. The van der Waals surface area contributed by atoms with E-state index in [2.05, 4.69) is 29.4 Å². The van der Waals surface area contributed by atoms with E-state index in [4.69, 9.17) is 11.6 Å². The van der Waals surface area contributed by atoms with Gasteiger partial charge in [-0.15, -0.1) is 11.3 Å². The number of fused-ring (bicyclic) bond motifs is 1. The van der Waals surface area contributed by atoms with Gasteiger partial charge in [0.15, 0.2) is 4.34 Å². The van der Waals surface area contributed by atoms with E-state index in [1.54, 1.807) is 11.3 Å². The smallest absolute Gasteiger partial charge is 0.230 e. The summed E-state index contributed by atoms with van der Waals surface area (Å²) in [6, 6.07) is 15.9. The van der Waals surface area contributed by atoms with Crippen LogP contribution in [0, 0.1) is 0 Å². The Morgan fingerprint density at radius 1 is 1.28 bits per heavy atom. The quantitative estimate of drug-likeness (QED) is 0.526. The lowest BCUT2D eigenvalue weighted by Gasteiger charge is -2.18. The Labute approximate surface area is 160 Å². The molecular weight excluding hydrogens is 372 g/mol. The number of rotatable bonds is 7. The number of amides is 1. The van der Waals surface area contributed by atoms with E-state index < -0.39 is 0 Å². The molecule has 0 aliphatic rings. The number of thiazole rings is 1.